The van der Waals surface area contributed by atoms with E-state index in [0.29, 0.717) is 5.75 Å². The molecular weight excluding hydrogens is 373 g/mol. The van der Waals surface area contributed by atoms with E-state index in [9.17, 15) is 14.0 Å². The molecule has 1 amide bonds. The molecule has 0 atom stereocenters. The van der Waals surface area contributed by atoms with Gasteiger partial charge in [0.1, 0.15) is 23.9 Å². The Morgan fingerprint density at radius 1 is 1.15 bits per heavy atom. The van der Waals surface area contributed by atoms with Crippen LogP contribution in [0.15, 0.2) is 65.5 Å². The first kappa shape index (κ1) is 18.6. The number of carbonyl (C=O) groups excluding carboxylic acids is 1. The van der Waals surface area contributed by atoms with Gasteiger partial charge in [-0.1, -0.05) is 29.8 Å². The molecule has 0 unspecified atom stereocenters. The molecule has 6 nitrogen and oxygen atoms in total. The number of amides is 1. The number of para-hydroxylation sites is 1. The third kappa shape index (κ3) is 4.92. The Morgan fingerprint density at radius 2 is 1.93 bits per heavy atom. The molecule has 0 bridgehead atoms. The molecule has 27 heavy (non-hydrogen) atoms. The topological polar surface area (TPSA) is 73.2 Å². The molecule has 8 heteroatoms. The van der Waals surface area contributed by atoms with E-state index >= 15 is 0 Å². The maximum atomic E-state index is 13.5. The van der Waals surface area contributed by atoms with Crippen molar-refractivity contribution in [3.63, 3.8) is 0 Å². The van der Waals surface area contributed by atoms with Gasteiger partial charge < -0.3 is 10.1 Å². The van der Waals surface area contributed by atoms with Crippen LogP contribution in [-0.4, -0.2) is 22.3 Å². The Morgan fingerprint density at radius 3 is 2.67 bits per heavy atom. The van der Waals surface area contributed by atoms with E-state index in [-0.39, 0.29) is 35.1 Å². The predicted molar refractivity (Wildman–Crippen MR) is 99.8 cm³/mol. The number of rotatable bonds is 6. The summed E-state index contributed by atoms with van der Waals surface area (Å²) in [5, 5.41) is 6.50. The summed E-state index contributed by atoms with van der Waals surface area (Å²) >= 11 is 5.62. The smallest absolute Gasteiger partial charge is 0.276 e. The Hall–Kier alpha value is -3.19. The molecule has 2 aromatic carbocycles. The van der Waals surface area contributed by atoms with Gasteiger partial charge in [0.05, 0.1) is 11.6 Å². The van der Waals surface area contributed by atoms with E-state index < -0.39 is 11.7 Å². The van der Waals surface area contributed by atoms with Gasteiger partial charge in [-0.25, -0.2) is 9.07 Å². The first-order valence-electron chi connectivity index (χ1n) is 8.05. The van der Waals surface area contributed by atoms with Crippen molar-refractivity contribution in [1.82, 2.24) is 9.78 Å². The van der Waals surface area contributed by atoms with E-state index in [1.807, 2.05) is 18.2 Å². The molecule has 3 rings (SSSR count). The molecule has 0 radical (unpaired) electrons. The minimum Gasteiger partial charge on any atom is -0.492 e. The zero-order chi connectivity index (χ0) is 19.2. The fraction of sp³-hybridized carbons (Fsp3) is 0.105. The van der Waals surface area contributed by atoms with Gasteiger partial charge in [0.2, 0.25) is 0 Å². The van der Waals surface area contributed by atoms with Crippen LogP contribution in [0.1, 0.15) is 10.5 Å². The number of ether oxygens (including phenoxy) is 1. The summed E-state index contributed by atoms with van der Waals surface area (Å²) in [5.41, 5.74) is -0.112. The lowest BCUT2D eigenvalue weighted by molar-refractivity contribution is 0.101. The van der Waals surface area contributed by atoms with E-state index in [2.05, 4.69) is 10.4 Å². The monoisotopic (exact) mass is 387 g/mol. The molecule has 0 saturated carbocycles. The third-order valence-corrected chi connectivity index (χ3v) is 3.90. The molecule has 0 spiro atoms. The largest absolute Gasteiger partial charge is 0.492 e. The second kappa shape index (κ2) is 8.46. The highest BCUT2D eigenvalue weighted by molar-refractivity contribution is 6.30. The summed E-state index contributed by atoms with van der Waals surface area (Å²) in [7, 11) is 0. The number of hydrogen-bond acceptors (Lipinski definition) is 4. The van der Waals surface area contributed by atoms with Gasteiger partial charge in [0.15, 0.2) is 0 Å². The van der Waals surface area contributed by atoms with Crippen LogP contribution in [0.4, 0.5) is 10.1 Å². The van der Waals surface area contributed by atoms with Gasteiger partial charge in [-0.05, 0) is 36.4 Å². The minimum atomic E-state index is -0.648. The Kier molecular flexibility index (Phi) is 5.83. The average molecular weight is 388 g/mol. The number of anilines is 1. The zero-order valence-corrected chi connectivity index (χ0v) is 14.8. The molecule has 0 aliphatic heterocycles. The number of halogens is 2. The average Bonchev–Trinajstić information content (AvgIpc) is 2.67. The fourth-order valence-corrected chi connectivity index (χ4v) is 2.38. The van der Waals surface area contributed by atoms with Crippen molar-refractivity contribution in [2.24, 2.45) is 0 Å². The molecule has 0 aliphatic rings. The molecule has 1 N–H and O–H groups in total. The summed E-state index contributed by atoms with van der Waals surface area (Å²) in [5.74, 6) is -0.552. The highest BCUT2D eigenvalue weighted by Crippen LogP contribution is 2.19. The molecule has 138 valence electrons. The molecule has 1 aromatic heterocycles. The van der Waals surface area contributed by atoms with E-state index in [1.54, 1.807) is 12.1 Å². The van der Waals surface area contributed by atoms with E-state index in [4.69, 9.17) is 16.3 Å². The first-order chi connectivity index (χ1) is 13.0. The van der Waals surface area contributed by atoms with Crippen LogP contribution < -0.4 is 15.6 Å². The summed E-state index contributed by atoms with van der Waals surface area (Å²) in [6, 6.07) is 15.6. The number of carbonyl (C=O) groups is 1. The Bertz CT molecular complexity index is 1010. The Labute approximate surface area is 159 Å². The normalized spacial score (nSPS) is 10.4. The maximum Gasteiger partial charge on any atom is 0.276 e. The van der Waals surface area contributed by atoms with Crippen molar-refractivity contribution in [1.29, 1.82) is 0 Å². The summed E-state index contributed by atoms with van der Waals surface area (Å²) in [6.07, 6.45) is 0. The SMILES string of the molecule is O=C(Nc1ccc(Cl)c(F)c1)c1ccc(=O)n(CCOc2ccccc2)n1. The highest BCUT2D eigenvalue weighted by Gasteiger charge is 2.11. The van der Waals surface area contributed by atoms with E-state index in [0.717, 1.165) is 10.7 Å². The third-order valence-electron chi connectivity index (χ3n) is 3.59. The molecular formula is C19H15ClFN3O3. The van der Waals surface area contributed by atoms with E-state index in [1.165, 1.54) is 24.3 Å². The summed E-state index contributed by atoms with van der Waals surface area (Å²) in [6.45, 7) is 0.384. The van der Waals surface area contributed by atoms with Gasteiger partial charge in [0.25, 0.3) is 11.5 Å². The molecule has 0 saturated heterocycles. The lowest BCUT2D eigenvalue weighted by Gasteiger charge is -2.09. The highest BCUT2D eigenvalue weighted by atomic mass is 35.5. The standard InChI is InChI=1S/C19H15ClFN3O3/c20-15-7-6-13(12-16(15)21)22-19(26)17-8-9-18(25)24(23-17)10-11-27-14-4-2-1-3-5-14/h1-9,12H,10-11H2,(H,22,26). The lowest BCUT2D eigenvalue weighted by Crippen LogP contribution is -2.28. The minimum absolute atomic E-state index is 0.0182. The molecule has 0 aliphatic carbocycles. The summed E-state index contributed by atoms with van der Waals surface area (Å²) < 4.78 is 20.1. The molecule has 3 aromatic rings. The van der Waals surface area contributed by atoms with Crippen molar-refractivity contribution in [2.75, 3.05) is 11.9 Å². The van der Waals surface area contributed by atoms with Gasteiger partial charge in [-0.2, -0.15) is 5.10 Å². The number of hydrogen-bond donors (Lipinski definition) is 1. The van der Waals surface area contributed by atoms with Gasteiger partial charge in [-0.15, -0.1) is 0 Å². The second-order valence-electron chi connectivity index (χ2n) is 5.52. The van der Waals surface area contributed by atoms with Crippen molar-refractivity contribution in [2.45, 2.75) is 6.54 Å². The van der Waals surface area contributed by atoms with Gasteiger partial charge in [0, 0.05) is 11.8 Å². The number of nitrogens with zero attached hydrogens (tertiary/aromatic N) is 2. The van der Waals surface area contributed by atoms with Crippen molar-refractivity contribution >= 4 is 23.2 Å². The predicted octanol–water partition coefficient (Wildman–Crippen LogP) is 3.37. The van der Waals surface area contributed by atoms with Gasteiger partial charge >= 0.3 is 0 Å². The number of aromatic nitrogens is 2. The van der Waals surface area contributed by atoms with Crippen LogP contribution in [-0.2, 0) is 6.54 Å². The van der Waals surface area contributed by atoms with Crippen LogP contribution >= 0.6 is 11.6 Å². The van der Waals surface area contributed by atoms with Crippen LogP contribution in [0.25, 0.3) is 0 Å². The van der Waals surface area contributed by atoms with Crippen molar-refractivity contribution < 1.29 is 13.9 Å². The Balaban J connectivity index is 1.67. The van der Waals surface area contributed by atoms with Crippen LogP contribution in [0.2, 0.25) is 5.02 Å². The quantitative estimate of drug-likeness (QED) is 0.703. The van der Waals surface area contributed by atoms with Crippen LogP contribution in [0.5, 0.6) is 5.75 Å². The van der Waals surface area contributed by atoms with Crippen LogP contribution in [0, 0.1) is 5.82 Å². The van der Waals surface area contributed by atoms with Crippen LogP contribution in [0.3, 0.4) is 0 Å². The number of benzene rings is 2. The lowest BCUT2D eigenvalue weighted by atomic mass is 10.3. The number of nitrogens with one attached hydrogen (secondary N) is 1. The molecule has 0 fully saturated rings. The zero-order valence-electron chi connectivity index (χ0n) is 14.1. The second-order valence-corrected chi connectivity index (χ2v) is 5.93. The van der Waals surface area contributed by atoms with Gasteiger partial charge in [-0.3, -0.25) is 9.59 Å². The fourth-order valence-electron chi connectivity index (χ4n) is 2.27. The first-order valence-corrected chi connectivity index (χ1v) is 8.43. The molecule has 1 heterocycles. The summed E-state index contributed by atoms with van der Waals surface area (Å²) in [4.78, 5) is 24.2. The van der Waals surface area contributed by atoms with Crippen molar-refractivity contribution in [3.8, 4) is 5.75 Å². The maximum absolute atomic E-state index is 13.5. The van der Waals surface area contributed by atoms with Crippen molar-refractivity contribution in [3.05, 3.63) is 87.6 Å².